The molecule has 0 heterocycles. The van der Waals surface area contributed by atoms with Crippen LogP contribution in [0.2, 0.25) is 0 Å². The molecule has 120 valence electrons. The second-order valence-electron chi connectivity index (χ2n) is 5.28. The normalized spacial score (nSPS) is 14.6. The van der Waals surface area contributed by atoms with Crippen LogP contribution in [0.3, 0.4) is 0 Å². The zero-order valence-electron chi connectivity index (χ0n) is 12.1. The smallest absolute Gasteiger partial charge is 0.319 e. The summed E-state index contributed by atoms with van der Waals surface area (Å²) in [5.74, 6) is -1.84. The van der Waals surface area contributed by atoms with Crippen LogP contribution in [0.5, 0.6) is 0 Å². The number of halogens is 2. The van der Waals surface area contributed by atoms with Crippen molar-refractivity contribution in [3.05, 3.63) is 29.8 Å². The Labute approximate surface area is 127 Å². The zero-order chi connectivity index (χ0) is 15.9. The van der Waals surface area contributed by atoms with Crippen molar-refractivity contribution in [1.82, 2.24) is 10.6 Å². The number of amides is 3. The van der Waals surface area contributed by atoms with Gasteiger partial charge in [-0.05, 0) is 25.0 Å². The molecule has 1 aromatic rings. The molecule has 0 aromatic heterocycles. The first-order valence-electron chi connectivity index (χ1n) is 7.34. The molecular weight excluding hydrogens is 292 g/mol. The summed E-state index contributed by atoms with van der Waals surface area (Å²) < 4.78 is 26.7. The van der Waals surface area contributed by atoms with E-state index in [4.69, 9.17) is 0 Å². The molecular formula is C15H19F2N3O2. The number of anilines is 1. The highest BCUT2D eigenvalue weighted by molar-refractivity contribution is 5.89. The van der Waals surface area contributed by atoms with E-state index in [2.05, 4.69) is 16.0 Å². The molecule has 0 bridgehead atoms. The molecule has 0 atom stereocenters. The van der Waals surface area contributed by atoms with Crippen LogP contribution >= 0.6 is 0 Å². The first-order chi connectivity index (χ1) is 10.6. The van der Waals surface area contributed by atoms with E-state index in [9.17, 15) is 18.4 Å². The molecule has 0 spiro atoms. The molecule has 1 fully saturated rings. The fraction of sp³-hybridized carbons (Fsp3) is 0.467. The van der Waals surface area contributed by atoms with Gasteiger partial charge in [0.25, 0.3) is 0 Å². The number of carbonyl (C=O) groups excluding carboxylic acids is 2. The Morgan fingerprint density at radius 1 is 1.14 bits per heavy atom. The molecule has 0 aliphatic heterocycles. The van der Waals surface area contributed by atoms with E-state index in [0.29, 0.717) is 0 Å². The van der Waals surface area contributed by atoms with E-state index in [0.717, 1.165) is 37.8 Å². The number of nitrogens with one attached hydrogen (secondary N) is 3. The van der Waals surface area contributed by atoms with Crippen LogP contribution in [0.1, 0.15) is 32.1 Å². The van der Waals surface area contributed by atoms with Gasteiger partial charge in [-0.1, -0.05) is 18.9 Å². The van der Waals surface area contributed by atoms with Gasteiger partial charge in [-0.3, -0.25) is 4.79 Å². The second-order valence-corrected chi connectivity index (χ2v) is 5.28. The summed E-state index contributed by atoms with van der Waals surface area (Å²) >= 11 is 0. The molecule has 3 N–H and O–H groups in total. The Balaban J connectivity index is 1.70. The van der Waals surface area contributed by atoms with Gasteiger partial charge in [0.05, 0.1) is 0 Å². The largest absolute Gasteiger partial charge is 0.353 e. The van der Waals surface area contributed by atoms with E-state index >= 15 is 0 Å². The molecule has 1 aliphatic rings. The van der Waals surface area contributed by atoms with Crippen LogP contribution in [-0.2, 0) is 4.79 Å². The predicted molar refractivity (Wildman–Crippen MR) is 78.4 cm³/mol. The van der Waals surface area contributed by atoms with E-state index in [1.165, 1.54) is 6.07 Å². The summed E-state index contributed by atoms with van der Waals surface area (Å²) in [6, 6.07) is 2.79. The highest BCUT2D eigenvalue weighted by Gasteiger charge is 2.17. The van der Waals surface area contributed by atoms with Crippen molar-refractivity contribution in [3.8, 4) is 0 Å². The highest BCUT2D eigenvalue weighted by Crippen LogP contribution is 2.18. The van der Waals surface area contributed by atoms with E-state index in [1.54, 1.807) is 0 Å². The third kappa shape index (κ3) is 4.68. The number of carbonyl (C=O) groups is 2. The second kappa shape index (κ2) is 7.72. The van der Waals surface area contributed by atoms with Crippen molar-refractivity contribution in [3.63, 3.8) is 0 Å². The average molecular weight is 311 g/mol. The molecule has 0 unspecified atom stereocenters. The minimum absolute atomic E-state index is 0.0977. The summed E-state index contributed by atoms with van der Waals surface area (Å²) in [5.41, 5.74) is -0.504. The molecule has 5 nitrogen and oxygen atoms in total. The van der Waals surface area contributed by atoms with Crippen molar-refractivity contribution >= 4 is 17.6 Å². The number of para-hydroxylation sites is 1. The van der Waals surface area contributed by atoms with Crippen molar-refractivity contribution in [1.29, 1.82) is 0 Å². The van der Waals surface area contributed by atoms with Crippen LogP contribution in [0.15, 0.2) is 18.2 Å². The van der Waals surface area contributed by atoms with Crippen molar-refractivity contribution in [2.45, 2.75) is 38.1 Å². The topological polar surface area (TPSA) is 70.2 Å². The average Bonchev–Trinajstić information content (AvgIpc) is 2.96. The molecule has 1 aliphatic carbocycles. The van der Waals surface area contributed by atoms with Gasteiger partial charge in [-0.2, -0.15) is 0 Å². The number of rotatable bonds is 5. The van der Waals surface area contributed by atoms with Crippen molar-refractivity contribution in [2.75, 3.05) is 11.9 Å². The van der Waals surface area contributed by atoms with Gasteiger partial charge in [-0.15, -0.1) is 0 Å². The molecule has 3 amide bonds. The Bertz CT molecular complexity index is 525. The van der Waals surface area contributed by atoms with Crippen molar-refractivity contribution < 1.29 is 18.4 Å². The van der Waals surface area contributed by atoms with Crippen LogP contribution in [-0.4, -0.2) is 24.5 Å². The number of benzene rings is 1. The van der Waals surface area contributed by atoms with Gasteiger partial charge in [-0.25, -0.2) is 13.6 Å². The summed E-state index contributed by atoms with van der Waals surface area (Å²) in [6.45, 7) is 0.0977. The SMILES string of the molecule is O=C(CCNC(=O)Nc1c(F)cccc1F)NC1CCCC1. The Morgan fingerprint density at radius 3 is 2.41 bits per heavy atom. The van der Waals surface area contributed by atoms with Gasteiger partial charge in [0.1, 0.15) is 17.3 Å². The predicted octanol–water partition coefficient (Wildman–Crippen LogP) is 2.54. The van der Waals surface area contributed by atoms with Gasteiger partial charge in [0, 0.05) is 19.0 Å². The Hall–Kier alpha value is -2.18. The lowest BCUT2D eigenvalue weighted by atomic mass is 10.2. The summed E-state index contributed by atoms with van der Waals surface area (Å²) in [6.07, 6.45) is 4.36. The van der Waals surface area contributed by atoms with E-state index < -0.39 is 23.4 Å². The molecule has 1 aromatic carbocycles. The third-order valence-electron chi connectivity index (χ3n) is 3.56. The molecule has 22 heavy (non-hydrogen) atoms. The van der Waals surface area contributed by atoms with E-state index in [1.807, 2.05) is 0 Å². The monoisotopic (exact) mass is 311 g/mol. The minimum Gasteiger partial charge on any atom is -0.353 e. The van der Waals surface area contributed by atoms with Gasteiger partial charge < -0.3 is 16.0 Å². The van der Waals surface area contributed by atoms with Gasteiger partial charge in [0.2, 0.25) is 5.91 Å². The fourth-order valence-corrected chi connectivity index (χ4v) is 2.43. The lowest BCUT2D eigenvalue weighted by Crippen LogP contribution is -2.36. The quantitative estimate of drug-likeness (QED) is 0.782. The summed E-state index contributed by atoms with van der Waals surface area (Å²) in [4.78, 5) is 23.2. The highest BCUT2D eigenvalue weighted by atomic mass is 19.1. The fourth-order valence-electron chi connectivity index (χ4n) is 2.43. The van der Waals surface area contributed by atoms with Crippen LogP contribution in [0.25, 0.3) is 0 Å². The number of hydrogen-bond acceptors (Lipinski definition) is 2. The van der Waals surface area contributed by atoms with Crippen LogP contribution in [0.4, 0.5) is 19.3 Å². The number of hydrogen-bond donors (Lipinski definition) is 3. The molecule has 7 heteroatoms. The first-order valence-corrected chi connectivity index (χ1v) is 7.34. The minimum atomic E-state index is -0.853. The lowest BCUT2D eigenvalue weighted by molar-refractivity contribution is -0.121. The van der Waals surface area contributed by atoms with E-state index in [-0.39, 0.29) is 24.9 Å². The number of urea groups is 1. The van der Waals surface area contributed by atoms with Crippen LogP contribution < -0.4 is 16.0 Å². The summed E-state index contributed by atoms with van der Waals surface area (Å²) in [7, 11) is 0. The Morgan fingerprint density at radius 2 is 1.77 bits per heavy atom. The molecule has 1 saturated carbocycles. The maximum Gasteiger partial charge on any atom is 0.319 e. The zero-order valence-corrected chi connectivity index (χ0v) is 12.1. The lowest BCUT2D eigenvalue weighted by Gasteiger charge is -2.12. The molecule has 0 saturated heterocycles. The molecule has 2 rings (SSSR count). The van der Waals surface area contributed by atoms with Gasteiger partial charge in [0.15, 0.2) is 0 Å². The maximum absolute atomic E-state index is 13.3. The van der Waals surface area contributed by atoms with Crippen LogP contribution in [0, 0.1) is 11.6 Å². The standard InChI is InChI=1S/C15H19F2N3O2/c16-11-6-3-7-12(17)14(11)20-15(22)18-9-8-13(21)19-10-4-1-2-5-10/h3,6-7,10H,1-2,4-5,8-9H2,(H,19,21)(H2,18,20,22). The third-order valence-corrected chi connectivity index (χ3v) is 3.56. The van der Waals surface area contributed by atoms with Crippen molar-refractivity contribution in [2.24, 2.45) is 0 Å². The maximum atomic E-state index is 13.3. The Kier molecular flexibility index (Phi) is 5.68. The first kappa shape index (κ1) is 16.2. The summed E-state index contributed by atoms with van der Waals surface area (Å²) in [5, 5.41) is 7.38. The molecule has 0 radical (unpaired) electrons. The van der Waals surface area contributed by atoms with Gasteiger partial charge >= 0.3 is 6.03 Å².